The number of phenolic OH excluding ortho intramolecular Hbond substituents is 1. The first-order valence-corrected chi connectivity index (χ1v) is 9.39. The molecule has 5 nitrogen and oxygen atoms in total. The van der Waals surface area contributed by atoms with Gasteiger partial charge >= 0.3 is 0 Å². The minimum absolute atomic E-state index is 0.0645. The standard InChI is InChI=1S/C24H20N2O3/c1-2-29-22-16-17(13-14-21(22)27)15-20-23(18-9-5-3-6-10-18)25-26(24(20)28)19-11-7-4-8-12-19/h3-16,27H,2H2,1H3/b20-15-. The molecule has 4 rings (SSSR count). The van der Waals surface area contributed by atoms with Crippen LogP contribution >= 0.6 is 0 Å². The van der Waals surface area contributed by atoms with E-state index >= 15 is 0 Å². The molecule has 29 heavy (non-hydrogen) atoms. The van der Waals surface area contributed by atoms with E-state index in [1.54, 1.807) is 24.3 Å². The molecule has 3 aromatic carbocycles. The van der Waals surface area contributed by atoms with Gasteiger partial charge in [0.1, 0.15) is 5.71 Å². The Morgan fingerprint density at radius 3 is 2.38 bits per heavy atom. The van der Waals surface area contributed by atoms with Crippen LogP contribution in [-0.2, 0) is 4.79 Å². The van der Waals surface area contributed by atoms with E-state index in [0.29, 0.717) is 29.3 Å². The van der Waals surface area contributed by atoms with Crippen molar-refractivity contribution in [2.75, 3.05) is 11.6 Å². The zero-order valence-electron chi connectivity index (χ0n) is 15.9. The van der Waals surface area contributed by atoms with Crippen LogP contribution in [-0.4, -0.2) is 23.3 Å². The van der Waals surface area contributed by atoms with Crippen LogP contribution in [0.2, 0.25) is 0 Å². The van der Waals surface area contributed by atoms with Crippen LogP contribution < -0.4 is 9.75 Å². The number of nitrogens with zero attached hydrogens (tertiary/aromatic N) is 2. The van der Waals surface area contributed by atoms with Gasteiger partial charge in [-0.2, -0.15) is 10.1 Å². The maximum absolute atomic E-state index is 13.2. The zero-order valence-corrected chi connectivity index (χ0v) is 15.9. The lowest BCUT2D eigenvalue weighted by Gasteiger charge is -2.11. The summed E-state index contributed by atoms with van der Waals surface area (Å²) >= 11 is 0. The van der Waals surface area contributed by atoms with E-state index in [4.69, 9.17) is 4.74 Å². The fourth-order valence-electron chi connectivity index (χ4n) is 3.16. The van der Waals surface area contributed by atoms with Crippen molar-refractivity contribution in [1.29, 1.82) is 0 Å². The van der Waals surface area contributed by atoms with Gasteiger partial charge in [0.05, 0.1) is 17.9 Å². The second-order valence-electron chi connectivity index (χ2n) is 6.49. The number of ether oxygens (including phenoxy) is 1. The quantitative estimate of drug-likeness (QED) is 0.653. The molecule has 1 aliphatic rings. The van der Waals surface area contributed by atoms with Gasteiger partial charge in [0.25, 0.3) is 5.91 Å². The lowest BCUT2D eigenvalue weighted by Crippen LogP contribution is -2.21. The van der Waals surface area contributed by atoms with Crippen molar-refractivity contribution < 1.29 is 14.6 Å². The third-order valence-electron chi connectivity index (χ3n) is 4.52. The number of para-hydroxylation sites is 1. The number of carbonyl (C=O) groups excluding carboxylic acids is 1. The first kappa shape index (κ1) is 18.5. The molecular formula is C24H20N2O3. The topological polar surface area (TPSA) is 62.1 Å². The van der Waals surface area contributed by atoms with Gasteiger partial charge in [0.2, 0.25) is 0 Å². The first-order chi connectivity index (χ1) is 14.2. The van der Waals surface area contributed by atoms with E-state index in [1.807, 2.05) is 67.6 Å². The molecule has 1 amide bonds. The van der Waals surface area contributed by atoms with Gasteiger partial charge in [-0.05, 0) is 42.8 Å². The number of phenols is 1. The third kappa shape index (κ3) is 3.75. The van der Waals surface area contributed by atoms with Gasteiger partial charge < -0.3 is 9.84 Å². The molecule has 0 aliphatic carbocycles. The summed E-state index contributed by atoms with van der Waals surface area (Å²) in [6, 6.07) is 24.0. The monoisotopic (exact) mass is 384 g/mol. The smallest absolute Gasteiger partial charge is 0.281 e. The number of aromatic hydroxyl groups is 1. The predicted molar refractivity (Wildman–Crippen MR) is 114 cm³/mol. The number of amides is 1. The average molecular weight is 384 g/mol. The van der Waals surface area contributed by atoms with E-state index in [-0.39, 0.29) is 11.7 Å². The molecule has 0 unspecified atom stereocenters. The van der Waals surface area contributed by atoms with Crippen molar-refractivity contribution in [3.05, 3.63) is 95.6 Å². The van der Waals surface area contributed by atoms with Gasteiger partial charge in [0, 0.05) is 5.56 Å². The molecule has 3 aromatic rings. The van der Waals surface area contributed by atoms with Crippen LogP contribution in [0.1, 0.15) is 18.1 Å². The summed E-state index contributed by atoms with van der Waals surface area (Å²) in [5.41, 5.74) is 3.39. The molecule has 0 aromatic heterocycles. The molecule has 0 radical (unpaired) electrons. The minimum atomic E-state index is -0.207. The van der Waals surface area contributed by atoms with Gasteiger partial charge in [-0.3, -0.25) is 4.79 Å². The molecule has 0 atom stereocenters. The summed E-state index contributed by atoms with van der Waals surface area (Å²) in [6.45, 7) is 2.29. The number of benzene rings is 3. The van der Waals surface area contributed by atoms with Crippen molar-refractivity contribution >= 4 is 23.4 Å². The number of rotatable bonds is 5. The van der Waals surface area contributed by atoms with Crippen LogP contribution in [0.3, 0.4) is 0 Å². The highest BCUT2D eigenvalue weighted by Gasteiger charge is 2.31. The number of carbonyl (C=O) groups is 1. The van der Waals surface area contributed by atoms with Gasteiger partial charge in [0.15, 0.2) is 11.5 Å². The highest BCUT2D eigenvalue weighted by molar-refractivity contribution is 6.37. The largest absolute Gasteiger partial charge is 0.504 e. The Morgan fingerprint density at radius 1 is 1.00 bits per heavy atom. The van der Waals surface area contributed by atoms with Crippen molar-refractivity contribution in [3.8, 4) is 11.5 Å². The maximum Gasteiger partial charge on any atom is 0.281 e. The minimum Gasteiger partial charge on any atom is -0.504 e. The number of hydrazone groups is 1. The van der Waals surface area contributed by atoms with Crippen molar-refractivity contribution in [2.45, 2.75) is 6.92 Å². The first-order valence-electron chi connectivity index (χ1n) is 9.39. The summed E-state index contributed by atoms with van der Waals surface area (Å²) in [7, 11) is 0. The molecule has 5 heteroatoms. The number of hydrogen-bond acceptors (Lipinski definition) is 4. The Labute approximate surface area is 169 Å². The van der Waals surface area contributed by atoms with Crippen molar-refractivity contribution in [3.63, 3.8) is 0 Å². The molecule has 1 heterocycles. The number of anilines is 1. The fourth-order valence-corrected chi connectivity index (χ4v) is 3.16. The van der Waals surface area contributed by atoms with E-state index in [0.717, 1.165) is 11.1 Å². The highest BCUT2D eigenvalue weighted by Crippen LogP contribution is 2.31. The molecule has 0 saturated heterocycles. The molecule has 1 N–H and O–H groups in total. The molecule has 144 valence electrons. The Balaban J connectivity index is 1.80. The van der Waals surface area contributed by atoms with Crippen LogP contribution in [0.25, 0.3) is 6.08 Å². The maximum atomic E-state index is 13.2. The summed E-state index contributed by atoms with van der Waals surface area (Å²) < 4.78 is 5.47. The summed E-state index contributed by atoms with van der Waals surface area (Å²) in [4.78, 5) is 13.2. The molecule has 0 spiro atoms. The van der Waals surface area contributed by atoms with E-state index in [2.05, 4.69) is 5.10 Å². The predicted octanol–water partition coefficient (Wildman–Crippen LogP) is 4.63. The molecule has 0 fully saturated rings. The van der Waals surface area contributed by atoms with Gasteiger partial charge in [-0.15, -0.1) is 0 Å². The van der Waals surface area contributed by atoms with Crippen LogP contribution in [0.4, 0.5) is 5.69 Å². The van der Waals surface area contributed by atoms with Crippen molar-refractivity contribution in [2.24, 2.45) is 5.10 Å². The second kappa shape index (κ2) is 8.02. The number of hydrogen-bond donors (Lipinski definition) is 1. The molecule has 0 saturated carbocycles. The third-order valence-corrected chi connectivity index (χ3v) is 4.52. The van der Waals surface area contributed by atoms with Gasteiger partial charge in [-0.1, -0.05) is 54.6 Å². The zero-order chi connectivity index (χ0) is 20.2. The molecular weight excluding hydrogens is 364 g/mol. The Hall–Kier alpha value is -3.86. The van der Waals surface area contributed by atoms with E-state index in [9.17, 15) is 9.90 Å². The van der Waals surface area contributed by atoms with Crippen LogP contribution in [0.5, 0.6) is 11.5 Å². The normalized spacial score (nSPS) is 14.9. The summed E-state index contributed by atoms with van der Waals surface area (Å²) in [6.07, 6.45) is 1.78. The van der Waals surface area contributed by atoms with Crippen LogP contribution in [0.15, 0.2) is 89.5 Å². The summed E-state index contributed by atoms with van der Waals surface area (Å²) in [5, 5.41) is 16.0. The molecule has 0 bridgehead atoms. The lowest BCUT2D eigenvalue weighted by atomic mass is 10.00. The highest BCUT2D eigenvalue weighted by atomic mass is 16.5. The van der Waals surface area contributed by atoms with Crippen molar-refractivity contribution in [1.82, 2.24) is 0 Å². The summed E-state index contributed by atoms with van der Waals surface area (Å²) in [5.74, 6) is 0.237. The fraction of sp³-hybridized carbons (Fsp3) is 0.0833. The van der Waals surface area contributed by atoms with E-state index in [1.165, 1.54) is 5.01 Å². The van der Waals surface area contributed by atoms with Gasteiger partial charge in [-0.25, -0.2) is 0 Å². The Bertz CT molecular complexity index is 1090. The second-order valence-corrected chi connectivity index (χ2v) is 6.49. The SMILES string of the molecule is CCOc1cc(/C=C2\C(=O)N(c3ccccc3)N=C2c2ccccc2)ccc1O. The Morgan fingerprint density at radius 2 is 1.69 bits per heavy atom. The van der Waals surface area contributed by atoms with Crippen LogP contribution in [0, 0.1) is 0 Å². The average Bonchev–Trinajstić information content (AvgIpc) is 3.08. The Kier molecular flexibility index (Phi) is 5.12. The van der Waals surface area contributed by atoms with E-state index < -0.39 is 0 Å². The lowest BCUT2D eigenvalue weighted by molar-refractivity contribution is -0.114. The molecule has 1 aliphatic heterocycles.